The summed E-state index contributed by atoms with van der Waals surface area (Å²) >= 11 is 18.0. The third kappa shape index (κ3) is 7.23. The van der Waals surface area contributed by atoms with Gasteiger partial charge in [-0.3, -0.25) is 9.59 Å². The summed E-state index contributed by atoms with van der Waals surface area (Å²) < 4.78 is 3.42. The van der Waals surface area contributed by atoms with Crippen molar-refractivity contribution in [1.29, 1.82) is 0 Å². The molecule has 0 spiro atoms. The minimum absolute atomic E-state index is 0.0723. The third-order valence-corrected chi connectivity index (χ3v) is 10.3. The number of unbranched alkanes of at least 4 members (excludes halogenated alkanes) is 2. The molecule has 0 unspecified atom stereocenters. The van der Waals surface area contributed by atoms with E-state index in [1.807, 2.05) is 12.1 Å². The molecule has 0 aliphatic carbocycles. The van der Waals surface area contributed by atoms with Gasteiger partial charge >= 0.3 is 0 Å². The standard InChI is InChI=1S/C26H26Cl2N2O2S4/c1-3-5-7-15-11-21-19(13-17(15)27)29-25(33-21)35-23(31)9-10-24(32)36-26-30-20-14-18(28)16(8-6-4-2)12-22(20)34-26/h11-14H,3-10H2,1-2H3. The molecule has 0 amide bonds. The molecule has 4 rings (SSSR count). The molecule has 2 aromatic heterocycles. The lowest BCUT2D eigenvalue weighted by molar-refractivity contribution is -0.115. The monoisotopic (exact) mass is 596 g/mol. The fourth-order valence-electron chi connectivity index (χ4n) is 3.64. The number of fused-ring (bicyclic) bond motifs is 2. The zero-order valence-electron chi connectivity index (χ0n) is 20.1. The van der Waals surface area contributed by atoms with Gasteiger partial charge in [-0.05, 0) is 84.6 Å². The van der Waals surface area contributed by atoms with Crippen molar-refractivity contribution in [2.24, 2.45) is 0 Å². The zero-order valence-corrected chi connectivity index (χ0v) is 24.8. The molecule has 0 saturated heterocycles. The van der Waals surface area contributed by atoms with Crippen molar-refractivity contribution in [3.05, 3.63) is 45.4 Å². The number of halogens is 2. The van der Waals surface area contributed by atoms with Crippen molar-refractivity contribution >= 4 is 100 Å². The van der Waals surface area contributed by atoms with Gasteiger partial charge in [0, 0.05) is 22.9 Å². The highest BCUT2D eigenvalue weighted by Gasteiger charge is 2.16. The summed E-state index contributed by atoms with van der Waals surface area (Å²) in [7, 11) is 0. The number of carbonyl (C=O) groups is 2. The van der Waals surface area contributed by atoms with Crippen LogP contribution in [0.15, 0.2) is 32.9 Å². The lowest BCUT2D eigenvalue weighted by Gasteiger charge is -2.02. The van der Waals surface area contributed by atoms with Crippen LogP contribution in [0.5, 0.6) is 0 Å². The molecule has 0 bridgehead atoms. The summed E-state index contributed by atoms with van der Waals surface area (Å²) in [5.74, 6) is 0. The highest BCUT2D eigenvalue weighted by Crippen LogP contribution is 2.36. The maximum absolute atomic E-state index is 12.5. The molecule has 0 fully saturated rings. The van der Waals surface area contributed by atoms with Crippen molar-refractivity contribution < 1.29 is 9.59 Å². The van der Waals surface area contributed by atoms with Crippen LogP contribution in [0.1, 0.15) is 63.5 Å². The minimum Gasteiger partial charge on any atom is -0.287 e. The Morgan fingerprint density at radius 3 is 1.56 bits per heavy atom. The molecule has 2 aromatic carbocycles. The van der Waals surface area contributed by atoms with Crippen molar-refractivity contribution in [2.75, 3.05) is 0 Å². The Balaban J connectivity index is 1.32. The van der Waals surface area contributed by atoms with Crippen LogP contribution in [-0.2, 0) is 22.4 Å². The zero-order chi connectivity index (χ0) is 25.7. The maximum Gasteiger partial charge on any atom is 0.196 e. The Morgan fingerprint density at radius 1 is 0.750 bits per heavy atom. The van der Waals surface area contributed by atoms with Crippen molar-refractivity contribution in [3.63, 3.8) is 0 Å². The molecule has 0 atom stereocenters. The summed E-state index contributed by atoms with van der Waals surface area (Å²) in [5, 5.41) is 1.30. The molecule has 190 valence electrons. The fourth-order valence-corrected chi connectivity index (χ4v) is 8.15. The van der Waals surface area contributed by atoms with Crippen molar-refractivity contribution in [1.82, 2.24) is 9.97 Å². The molecule has 4 nitrogen and oxygen atoms in total. The van der Waals surface area contributed by atoms with Crippen LogP contribution in [-0.4, -0.2) is 20.2 Å². The second kappa shape index (κ2) is 13.1. The van der Waals surface area contributed by atoms with E-state index in [1.54, 1.807) is 0 Å². The quantitative estimate of drug-likeness (QED) is 0.161. The van der Waals surface area contributed by atoms with E-state index >= 15 is 0 Å². The van der Waals surface area contributed by atoms with Gasteiger partial charge in [0.25, 0.3) is 0 Å². The van der Waals surface area contributed by atoms with Gasteiger partial charge in [-0.15, -0.1) is 22.7 Å². The maximum atomic E-state index is 12.5. The Kier molecular flexibility index (Phi) is 10.1. The minimum atomic E-state index is -0.0723. The largest absolute Gasteiger partial charge is 0.287 e. The van der Waals surface area contributed by atoms with Crippen molar-refractivity contribution in [3.8, 4) is 0 Å². The molecule has 2 heterocycles. The Bertz CT molecular complexity index is 1290. The van der Waals surface area contributed by atoms with Crippen molar-refractivity contribution in [2.45, 2.75) is 73.9 Å². The number of thioether (sulfide) groups is 2. The van der Waals surface area contributed by atoms with E-state index in [9.17, 15) is 9.59 Å². The molecule has 0 aliphatic heterocycles. The normalized spacial score (nSPS) is 11.6. The SMILES string of the molecule is CCCCc1cc2sc(SC(=O)CCC(=O)Sc3nc4cc(Cl)c(CCCC)cc4s3)nc2cc1Cl. The molecular formula is C26H26Cl2N2O2S4. The first kappa shape index (κ1) is 27.9. The predicted molar refractivity (Wildman–Crippen MR) is 157 cm³/mol. The predicted octanol–water partition coefficient (Wildman–Crippen LogP) is 9.62. The summed E-state index contributed by atoms with van der Waals surface area (Å²) in [6, 6.07) is 7.92. The highest BCUT2D eigenvalue weighted by atomic mass is 35.5. The summed E-state index contributed by atoms with van der Waals surface area (Å²) in [4.78, 5) is 34.2. The number of aryl methyl sites for hydroxylation is 2. The molecule has 0 aliphatic rings. The summed E-state index contributed by atoms with van der Waals surface area (Å²) in [6.07, 6.45) is 6.58. The number of nitrogens with zero attached hydrogens (tertiary/aromatic N) is 2. The summed E-state index contributed by atoms with van der Waals surface area (Å²) in [6.45, 7) is 4.31. The molecule has 0 N–H and O–H groups in total. The van der Waals surface area contributed by atoms with Crippen LogP contribution in [0.25, 0.3) is 20.4 Å². The molecule has 0 saturated carbocycles. The van der Waals surface area contributed by atoms with Gasteiger partial charge in [0.15, 0.2) is 18.9 Å². The van der Waals surface area contributed by atoms with Gasteiger partial charge in [-0.2, -0.15) is 0 Å². The molecule has 4 aromatic rings. The number of benzene rings is 2. The van der Waals surface area contributed by atoms with E-state index in [2.05, 4.69) is 35.9 Å². The highest BCUT2D eigenvalue weighted by molar-refractivity contribution is 8.15. The Morgan fingerprint density at radius 2 is 1.17 bits per heavy atom. The number of hydrogen-bond donors (Lipinski definition) is 0. The number of aromatic nitrogens is 2. The number of rotatable bonds is 11. The van der Waals surface area contributed by atoms with Crippen LogP contribution in [0.2, 0.25) is 10.0 Å². The fraction of sp³-hybridized carbons (Fsp3) is 0.385. The van der Waals surface area contributed by atoms with Crippen LogP contribution >= 0.6 is 69.4 Å². The Hall–Kier alpha value is -1.16. The first-order valence-electron chi connectivity index (χ1n) is 12.0. The van der Waals surface area contributed by atoms with E-state index in [4.69, 9.17) is 23.2 Å². The topological polar surface area (TPSA) is 59.9 Å². The van der Waals surface area contributed by atoms with Gasteiger partial charge in [-0.25, -0.2) is 9.97 Å². The Labute approximate surface area is 237 Å². The van der Waals surface area contributed by atoms with E-state index in [1.165, 1.54) is 22.7 Å². The lowest BCUT2D eigenvalue weighted by Crippen LogP contribution is -1.97. The first-order valence-corrected chi connectivity index (χ1v) is 16.0. The van der Waals surface area contributed by atoms with E-state index in [0.717, 1.165) is 104 Å². The van der Waals surface area contributed by atoms with E-state index < -0.39 is 0 Å². The van der Waals surface area contributed by atoms with E-state index in [-0.39, 0.29) is 23.1 Å². The average Bonchev–Trinajstić information content (AvgIpc) is 3.41. The summed E-state index contributed by atoms with van der Waals surface area (Å²) in [5.41, 5.74) is 3.85. The van der Waals surface area contributed by atoms with Gasteiger partial charge in [0.2, 0.25) is 0 Å². The van der Waals surface area contributed by atoms with Crippen LogP contribution in [0, 0.1) is 0 Å². The van der Waals surface area contributed by atoms with Gasteiger partial charge in [0.1, 0.15) is 0 Å². The number of carbonyl (C=O) groups excluding carboxylic acids is 2. The number of hydrogen-bond acceptors (Lipinski definition) is 8. The molecule has 10 heteroatoms. The van der Waals surface area contributed by atoms with Gasteiger partial charge < -0.3 is 0 Å². The lowest BCUT2D eigenvalue weighted by atomic mass is 10.1. The molecular weight excluding hydrogens is 571 g/mol. The first-order chi connectivity index (χ1) is 17.4. The molecule has 36 heavy (non-hydrogen) atoms. The van der Waals surface area contributed by atoms with Crippen LogP contribution in [0.4, 0.5) is 0 Å². The smallest absolute Gasteiger partial charge is 0.196 e. The van der Waals surface area contributed by atoms with Crippen LogP contribution in [0.3, 0.4) is 0 Å². The number of thiazole rings is 2. The van der Waals surface area contributed by atoms with E-state index in [0.29, 0.717) is 8.68 Å². The van der Waals surface area contributed by atoms with Gasteiger partial charge in [-0.1, -0.05) is 49.9 Å². The van der Waals surface area contributed by atoms with Gasteiger partial charge in [0.05, 0.1) is 20.4 Å². The second-order valence-corrected chi connectivity index (χ2v) is 13.9. The third-order valence-electron chi connectivity index (χ3n) is 5.61. The van der Waals surface area contributed by atoms with Crippen LogP contribution < -0.4 is 0 Å². The average molecular weight is 598 g/mol. The molecule has 0 radical (unpaired) electrons. The second-order valence-electron chi connectivity index (χ2n) is 8.44.